The lowest BCUT2D eigenvalue weighted by Crippen LogP contribution is -1.96. The molecular formula is C4H3ClO4S. The first-order valence-corrected chi connectivity index (χ1v) is 3.97. The Kier molecular flexibility index (Phi) is 1.98. The summed E-state index contributed by atoms with van der Waals surface area (Å²) in [6.45, 7) is 0. The maximum atomic E-state index is 10.6. The monoisotopic (exact) mass is 182 g/mol. The van der Waals surface area contributed by atoms with E-state index in [0.717, 1.165) is 0 Å². The van der Waals surface area contributed by atoms with E-state index in [0.29, 0.717) is 0 Å². The smallest absolute Gasteiger partial charge is 0.346 e. The summed E-state index contributed by atoms with van der Waals surface area (Å²) in [5.41, 5.74) is 0. The molecule has 0 saturated carbocycles. The Morgan fingerprint density at radius 1 is 1.60 bits per heavy atom. The zero-order valence-corrected chi connectivity index (χ0v) is 6.22. The van der Waals surface area contributed by atoms with E-state index >= 15 is 0 Å². The normalized spacial score (nSPS) is 11.7. The average molecular weight is 183 g/mol. The van der Waals surface area contributed by atoms with Crippen molar-refractivity contribution in [2.45, 2.75) is 5.09 Å². The second kappa shape index (κ2) is 2.61. The van der Waals surface area contributed by atoms with Crippen molar-refractivity contribution < 1.29 is 16.6 Å². The first kappa shape index (κ1) is 7.59. The molecule has 6 heteroatoms. The number of halogens is 1. The van der Waals surface area contributed by atoms with Gasteiger partial charge in [-0.1, -0.05) is 0 Å². The average Bonchev–Trinajstić information content (AvgIpc) is 2.38. The number of hydrogen-bond donors (Lipinski definition) is 0. The van der Waals surface area contributed by atoms with E-state index in [-0.39, 0.29) is 5.09 Å². The molecule has 0 spiro atoms. The highest BCUT2D eigenvalue weighted by Crippen LogP contribution is 2.12. The topological polar surface area (TPSA) is 56.5 Å². The van der Waals surface area contributed by atoms with Crippen molar-refractivity contribution in [2.75, 3.05) is 0 Å². The summed E-state index contributed by atoms with van der Waals surface area (Å²) in [6, 6.07) is 2.65. The fourth-order valence-corrected chi connectivity index (χ4v) is 1.10. The van der Waals surface area contributed by atoms with E-state index in [1.54, 1.807) is 0 Å². The molecule has 1 rings (SSSR count). The molecule has 10 heavy (non-hydrogen) atoms. The molecule has 56 valence electrons. The number of furan rings is 1. The predicted octanol–water partition coefficient (Wildman–Crippen LogP) is 1.14. The molecule has 0 aliphatic rings. The van der Waals surface area contributed by atoms with Gasteiger partial charge in [-0.25, -0.2) is 0 Å². The maximum Gasteiger partial charge on any atom is 0.346 e. The Morgan fingerprint density at radius 2 is 2.30 bits per heavy atom. The number of hydrogen-bond acceptors (Lipinski definition) is 4. The molecule has 0 amide bonds. The summed E-state index contributed by atoms with van der Waals surface area (Å²) < 4.78 is 29.4. The van der Waals surface area contributed by atoms with Crippen molar-refractivity contribution in [3.63, 3.8) is 0 Å². The third kappa shape index (κ3) is 1.31. The Bertz CT molecular complexity index is 287. The molecule has 0 aliphatic carbocycles. The molecule has 1 heterocycles. The summed E-state index contributed by atoms with van der Waals surface area (Å²) in [5, 5.41) is -0.303. The van der Waals surface area contributed by atoms with Crippen LogP contribution in [0, 0.1) is 0 Å². The van der Waals surface area contributed by atoms with Crippen molar-refractivity contribution in [1.29, 1.82) is 0 Å². The van der Waals surface area contributed by atoms with Gasteiger partial charge in [-0.2, -0.15) is 8.42 Å². The molecule has 0 bridgehead atoms. The lowest BCUT2D eigenvalue weighted by atomic mass is 10.7. The summed E-state index contributed by atoms with van der Waals surface area (Å²) in [4.78, 5) is 0. The van der Waals surface area contributed by atoms with Crippen LogP contribution in [-0.2, 0) is 13.9 Å². The van der Waals surface area contributed by atoms with Gasteiger partial charge in [-0.05, 0) is 12.1 Å². The zero-order chi connectivity index (χ0) is 7.61. The van der Waals surface area contributed by atoms with Crippen LogP contribution in [0.3, 0.4) is 0 Å². The fraction of sp³-hybridized carbons (Fsp3) is 0. The van der Waals surface area contributed by atoms with Gasteiger partial charge in [0.05, 0.1) is 18.1 Å². The van der Waals surface area contributed by atoms with E-state index in [1.165, 1.54) is 18.4 Å². The minimum atomic E-state index is -3.86. The van der Waals surface area contributed by atoms with Crippen LogP contribution in [0.15, 0.2) is 27.9 Å². The van der Waals surface area contributed by atoms with Crippen LogP contribution in [0.5, 0.6) is 0 Å². The Morgan fingerprint density at radius 3 is 2.70 bits per heavy atom. The molecule has 1 aromatic rings. The van der Waals surface area contributed by atoms with Crippen molar-refractivity contribution in [2.24, 2.45) is 0 Å². The Balaban J connectivity index is 3.09. The minimum absolute atomic E-state index is 0.303. The Hall–Kier alpha value is -0.520. The third-order valence-electron chi connectivity index (χ3n) is 0.824. The van der Waals surface area contributed by atoms with Crippen LogP contribution in [0.2, 0.25) is 0 Å². The van der Waals surface area contributed by atoms with Gasteiger partial charge in [0.2, 0.25) is 5.09 Å². The lowest BCUT2D eigenvalue weighted by Gasteiger charge is -1.89. The van der Waals surface area contributed by atoms with Gasteiger partial charge in [0, 0.05) is 0 Å². The molecule has 4 nitrogen and oxygen atoms in total. The van der Waals surface area contributed by atoms with Crippen molar-refractivity contribution in [1.82, 2.24) is 0 Å². The first-order chi connectivity index (χ1) is 4.67. The van der Waals surface area contributed by atoms with Gasteiger partial charge >= 0.3 is 10.1 Å². The summed E-state index contributed by atoms with van der Waals surface area (Å²) in [7, 11) is -3.86. The maximum absolute atomic E-state index is 10.6. The van der Waals surface area contributed by atoms with Crippen LogP contribution < -0.4 is 0 Å². The van der Waals surface area contributed by atoms with E-state index in [4.69, 9.17) is 0 Å². The molecule has 1 aromatic heterocycles. The second-order valence-corrected chi connectivity index (χ2v) is 3.26. The third-order valence-corrected chi connectivity index (χ3v) is 2.21. The first-order valence-electron chi connectivity index (χ1n) is 2.25. The van der Waals surface area contributed by atoms with Gasteiger partial charge in [-0.15, -0.1) is 3.74 Å². The van der Waals surface area contributed by atoms with Crippen LogP contribution >= 0.6 is 11.9 Å². The second-order valence-electron chi connectivity index (χ2n) is 1.45. The van der Waals surface area contributed by atoms with E-state index in [1.807, 2.05) is 0 Å². The quantitative estimate of drug-likeness (QED) is 0.688. The van der Waals surface area contributed by atoms with Gasteiger partial charge in [0.1, 0.15) is 0 Å². The van der Waals surface area contributed by atoms with Crippen LogP contribution in [0.4, 0.5) is 0 Å². The van der Waals surface area contributed by atoms with Crippen molar-refractivity contribution >= 4 is 22.0 Å². The molecule has 0 atom stereocenters. The van der Waals surface area contributed by atoms with Crippen molar-refractivity contribution in [3.05, 3.63) is 18.4 Å². The molecule has 0 saturated heterocycles. The SMILES string of the molecule is O=S(=O)(OCl)c1ccco1. The molecule has 0 unspecified atom stereocenters. The highest BCUT2D eigenvalue weighted by atomic mass is 35.5. The summed E-state index contributed by atoms with van der Waals surface area (Å²) in [6.07, 6.45) is 1.21. The van der Waals surface area contributed by atoms with Gasteiger partial charge < -0.3 is 4.42 Å². The van der Waals surface area contributed by atoms with Crippen molar-refractivity contribution in [3.8, 4) is 0 Å². The van der Waals surface area contributed by atoms with E-state index < -0.39 is 10.1 Å². The predicted molar refractivity (Wildman–Crippen MR) is 32.8 cm³/mol. The van der Waals surface area contributed by atoms with Crippen LogP contribution in [-0.4, -0.2) is 8.42 Å². The minimum Gasteiger partial charge on any atom is -0.451 e. The molecule has 0 N–H and O–H groups in total. The molecule has 0 aliphatic heterocycles. The van der Waals surface area contributed by atoms with E-state index in [9.17, 15) is 8.42 Å². The largest absolute Gasteiger partial charge is 0.451 e. The van der Waals surface area contributed by atoms with E-state index in [2.05, 4.69) is 20.0 Å². The standard InChI is InChI=1S/C4H3ClO4S/c5-9-10(6,7)4-2-1-3-8-4/h1-3H. The zero-order valence-electron chi connectivity index (χ0n) is 4.65. The summed E-state index contributed by atoms with van der Waals surface area (Å²) >= 11 is 4.64. The number of rotatable bonds is 2. The summed E-state index contributed by atoms with van der Waals surface area (Å²) in [5.74, 6) is 0. The van der Waals surface area contributed by atoms with Crippen LogP contribution in [0.1, 0.15) is 0 Å². The fourth-order valence-electron chi connectivity index (χ4n) is 0.437. The molecular weight excluding hydrogens is 180 g/mol. The molecule has 0 radical (unpaired) electrons. The highest BCUT2D eigenvalue weighted by molar-refractivity contribution is 7.87. The van der Waals surface area contributed by atoms with Gasteiger partial charge in [0.25, 0.3) is 0 Å². The van der Waals surface area contributed by atoms with Crippen LogP contribution in [0.25, 0.3) is 0 Å². The Labute approximate surface area is 62.6 Å². The lowest BCUT2D eigenvalue weighted by molar-refractivity contribution is 0.419. The molecule has 0 fully saturated rings. The van der Waals surface area contributed by atoms with Gasteiger partial charge in [-0.3, -0.25) is 0 Å². The van der Waals surface area contributed by atoms with Gasteiger partial charge in [0.15, 0.2) is 0 Å². The highest BCUT2D eigenvalue weighted by Gasteiger charge is 2.16. The molecule has 0 aromatic carbocycles.